The second-order valence-electron chi connectivity index (χ2n) is 2.25. The number of imidazole rings is 1. The fraction of sp³-hybridized carbons (Fsp3) is 0.250. The van der Waals surface area contributed by atoms with Crippen molar-refractivity contribution in [2.24, 2.45) is 0 Å². The highest BCUT2D eigenvalue weighted by atomic mass is 19.4. The Bertz CT molecular complexity index is 448. The molecule has 0 fully saturated rings. The summed E-state index contributed by atoms with van der Waals surface area (Å²) >= 11 is 0. The van der Waals surface area contributed by atoms with E-state index in [0.29, 0.717) is 0 Å². The Balaban J connectivity index is 0.000000673. The lowest BCUT2D eigenvalue weighted by atomic mass is 10.4. The summed E-state index contributed by atoms with van der Waals surface area (Å²) in [4.78, 5) is 4.61. The van der Waals surface area contributed by atoms with Crippen LogP contribution in [-0.4, -0.2) is 9.97 Å². The summed E-state index contributed by atoms with van der Waals surface area (Å²) in [5.74, 6) is -1.33. The SMILES string of the molecule is CC#N.N#Cc1nc(C(F)(F)F)[nH]c1C#N. The number of nitriles is 3. The van der Waals surface area contributed by atoms with Crippen LogP contribution in [0.5, 0.6) is 0 Å². The summed E-state index contributed by atoms with van der Waals surface area (Å²) in [6.45, 7) is 1.43. The van der Waals surface area contributed by atoms with Crippen LogP contribution in [0.15, 0.2) is 0 Å². The van der Waals surface area contributed by atoms with Gasteiger partial charge in [-0.05, 0) is 0 Å². The van der Waals surface area contributed by atoms with Crippen LogP contribution in [0.3, 0.4) is 0 Å². The second kappa shape index (κ2) is 5.38. The topological polar surface area (TPSA) is 100 Å². The normalized spacial score (nSPS) is 9.06. The predicted molar refractivity (Wildman–Crippen MR) is 44.3 cm³/mol. The van der Waals surface area contributed by atoms with Crippen LogP contribution in [0.25, 0.3) is 0 Å². The van der Waals surface area contributed by atoms with Gasteiger partial charge in [-0.2, -0.15) is 29.0 Å². The first-order chi connectivity index (χ1) is 7.40. The van der Waals surface area contributed by atoms with Gasteiger partial charge in [-0.3, -0.25) is 0 Å². The van der Waals surface area contributed by atoms with E-state index < -0.39 is 23.4 Å². The van der Waals surface area contributed by atoms with Gasteiger partial charge in [0.2, 0.25) is 5.82 Å². The minimum Gasteiger partial charge on any atom is -0.325 e. The van der Waals surface area contributed by atoms with Crippen molar-refractivity contribution in [1.29, 1.82) is 15.8 Å². The van der Waals surface area contributed by atoms with Gasteiger partial charge in [0.15, 0.2) is 11.4 Å². The van der Waals surface area contributed by atoms with Crippen molar-refractivity contribution in [3.63, 3.8) is 0 Å². The number of aromatic nitrogens is 2. The highest BCUT2D eigenvalue weighted by molar-refractivity contribution is 5.36. The molecule has 0 aliphatic heterocycles. The van der Waals surface area contributed by atoms with Gasteiger partial charge >= 0.3 is 6.18 Å². The first kappa shape index (κ1) is 13.5. The zero-order valence-corrected chi connectivity index (χ0v) is 7.92. The molecule has 16 heavy (non-hydrogen) atoms. The van der Waals surface area contributed by atoms with Crippen LogP contribution in [0.1, 0.15) is 24.1 Å². The maximum absolute atomic E-state index is 11.9. The van der Waals surface area contributed by atoms with Crippen molar-refractivity contribution in [3.05, 3.63) is 17.2 Å². The van der Waals surface area contributed by atoms with Gasteiger partial charge in [-0.1, -0.05) is 0 Å². The fourth-order valence-electron chi connectivity index (χ4n) is 0.669. The summed E-state index contributed by atoms with van der Waals surface area (Å²) in [5, 5.41) is 23.9. The quantitative estimate of drug-likeness (QED) is 0.728. The number of hydrogen-bond donors (Lipinski definition) is 1. The van der Waals surface area contributed by atoms with E-state index >= 15 is 0 Å². The zero-order valence-electron chi connectivity index (χ0n) is 7.92. The summed E-state index contributed by atoms with van der Waals surface area (Å²) in [6.07, 6.45) is -4.67. The third-order valence-electron chi connectivity index (χ3n) is 1.19. The Kier molecular flexibility index (Phi) is 4.53. The fourth-order valence-corrected chi connectivity index (χ4v) is 0.669. The number of H-pyrrole nitrogens is 1. The monoisotopic (exact) mass is 227 g/mol. The van der Waals surface area contributed by atoms with Crippen LogP contribution >= 0.6 is 0 Å². The summed E-state index contributed by atoms with van der Waals surface area (Å²) in [6, 6.07) is 4.52. The highest BCUT2D eigenvalue weighted by Crippen LogP contribution is 2.27. The lowest BCUT2D eigenvalue weighted by Crippen LogP contribution is -2.07. The number of alkyl halides is 3. The smallest absolute Gasteiger partial charge is 0.325 e. The van der Waals surface area contributed by atoms with Crippen molar-refractivity contribution in [2.75, 3.05) is 0 Å². The average Bonchev–Trinajstić information content (AvgIpc) is 2.61. The van der Waals surface area contributed by atoms with Crippen LogP contribution in [0.4, 0.5) is 13.2 Å². The molecule has 0 spiro atoms. The molecular formula is C8H4F3N5. The molecule has 0 aliphatic carbocycles. The third kappa shape index (κ3) is 3.32. The van der Waals surface area contributed by atoms with Crippen molar-refractivity contribution in [1.82, 2.24) is 9.97 Å². The summed E-state index contributed by atoms with van der Waals surface area (Å²) in [7, 11) is 0. The van der Waals surface area contributed by atoms with E-state index in [1.807, 2.05) is 0 Å². The highest BCUT2D eigenvalue weighted by Gasteiger charge is 2.35. The molecule has 1 rings (SSSR count). The molecule has 82 valence electrons. The number of rotatable bonds is 0. The van der Waals surface area contributed by atoms with Gasteiger partial charge < -0.3 is 4.98 Å². The lowest BCUT2D eigenvalue weighted by molar-refractivity contribution is -0.144. The van der Waals surface area contributed by atoms with E-state index in [1.54, 1.807) is 11.1 Å². The van der Waals surface area contributed by atoms with E-state index in [1.165, 1.54) is 19.1 Å². The number of nitrogens with one attached hydrogen (secondary N) is 1. The maximum atomic E-state index is 11.9. The number of hydrogen-bond acceptors (Lipinski definition) is 4. The number of aromatic amines is 1. The van der Waals surface area contributed by atoms with E-state index in [9.17, 15) is 13.2 Å². The van der Waals surface area contributed by atoms with E-state index in [2.05, 4.69) is 4.98 Å². The molecule has 1 aromatic heterocycles. The van der Waals surface area contributed by atoms with Crippen LogP contribution in [0.2, 0.25) is 0 Å². The largest absolute Gasteiger partial charge is 0.449 e. The standard InChI is InChI=1S/C6HF3N4.C2H3N/c7-6(8,9)5-12-3(1-10)4(2-11)13-5;1-2-3/h(H,12,13);1H3. The van der Waals surface area contributed by atoms with Crippen molar-refractivity contribution in [3.8, 4) is 18.2 Å². The molecule has 0 saturated heterocycles. The lowest BCUT2D eigenvalue weighted by Gasteiger charge is -1.98. The van der Waals surface area contributed by atoms with Crippen molar-refractivity contribution in [2.45, 2.75) is 13.1 Å². The molecule has 0 bridgehead atoms. The molecular weight excluding hydrogens is 223 g/mol. The van der Waals surface area contributed by atoms with Gasteiger partial charge in [0.05, 0.1) is 6.07 Å². The minimum absolute atomic E-state index is 0.477. The van der Waals surface area contributed by atoms with Crippen molar-refractivity contribution >= 4 is 0 Å². The first-order valence-corrected chi connectivity index (χ1v) is 3.68. The van der Waals surface area contributed by atoms with Gasteiger partial charge in [0.25, 0.3) is 0 Å². The summed E-state index contributed by atoms with van der Waals surface area (Å²) < 4.78 is 35.8. The predicted octanol–water partition coefficient (Wildman–Crippen LogP) is 1.70. The Hall–Kier alpha value is -2.53. The Morgan fingerprint density at radius 1 is 1.19 bits per heavy atom. The Morgan fingerprint density at radius 3 is 1.94 bits per heavy atom. The summed E-state index contributed by atoms with van der Waals surface area (Å²) in [5.41, 5.74) is -1.02. The van der Waals surface area contributed by atoms with Gasteiger partial charge in [0, 0.05) is 6.92 Å². The van der Waals surface area contributed by atoms with E-state index in [0.717, 1.165) is 0 Å². The minimum atomic E-state index is -4.67. The molecule has 0 aliphatic rings. The zero-order chi connectivity index (χ0) is 12.8. The number of halogens is 3. The molecule has 0 amide bonds. The van der Waals surface area contributed by atoms with Crippen LogP contribution < -0.4 is 0 Å². The molecule has 0 unspecified atom stereocenters. The second-order valence-corrected chi connectivity index (χ2v) is 2.25. The van der Waals surface area contributed by atoms with Gasteiger partial charge in [0.1, 0.15) is 12.1 Å². The molecule has 0 radical (unpaired) electrons. The molecule has 0 atom stereocenters. The maximum Gasteiger partial charge on any atom is 0.449 e. The molecule has 8 heteroatoms. The third-order valence-corrected chi connectivity index (χ3v) is 1.19. The molecule has 1 aromatic rings. The van der Waals surface area contributed by atoms with E-state index in [4.69, 9.17) is 15.8 Å². The van der Waals surface area contributed by atoms with Crippen LogP contribution in [0, 0.1) is 34.0 Å². The Morgan fingerprint density at radius 2 is 1.69 bits per heavy atom. The van der Waals surface area contributed by atoms with Crippen LogP contribution in [-0.2, 0) is 6.18 Å². The first-order valence-electron chi connectivity index (χ1n) is 3.68. The van der Waals surface area contributed by atoms with Gasteiger partial charge in [-0.25, -0.2) is 4.98 Å². The molecule has 0 aromatic carbocycles. The average molecular weight is 227 g/mol. The molecule has 5 nitrogen and oxygen atoms in total. The molecule has 1 heterocycles. The van der Waals surface area contributed by atoms with Gasteiger partial charge in [-0.15, -0.1) is 0 Å². The Labute approximate surface area is 88.4 Å². The van der Waals surface area contributed by atoms with Crippen molar-refractivity contribution < 1.29 is 13.2 Å². The molecule has 0 saturated carbocycles. The molecule has 1 N–H and O–H groups in total. The number of nitrogens with zero attached hydrogens (tertiary/aromatic N) is 4. The van der Waals surface area contributed by atoms with E-state index in [-0.39, 0.29) is 0 Å².